The largest absolute Gasteiger partial charge is 0.459 e. The Morgan fingerprint density at radius 3 is 2.17 bits per heavy atom. The molecule has 4 rings (SSSR count). The maximum absolute atomic E-state index is 12.8. The molecule has 0 unspecified atom stereocenters. The van der Waals surface area contributed by atoms with E-state index in [-0.39, 0.29) is 18.6 Å². The number of carbonyl (C=O) groups excluding carboxylic acids is 3. The van der Waals surface area contributed by atoms with Crippen molar-refractivity contribution in [2.24, 2.45) is 0 Å². The van der Waals surface area contributed by atoms with E-state index in [1.165, 1.54) is 0 Å². The highest BCUT2D eigenvalue weighted by atomic mass is 16.6. The topological polar surface area (TPSA) is 134 Å². The maximum atomic E-state index is 12.8. The van der Waals surface area contributed by atoms with Crippen LogP contribution in [0.2, 0.25) is 0 Å². The number of aromatic amines is 1. The Kier molecular flexibility index (Phi) is 7.25. The van der Waals surface area contributed by atoms with Crippen molar-refractivity contribution < 1.29 is 28.6 Å². The minimum absolute atomic E-state index is 0.0224. The molecule has 0 radical (unpaired) electrons. The molecular formula is C26H24N2O8. The predicted octanol–water partition coefficient (Wildman–Crippen LogP) is 2.34. The number of nitrogens with one attached hydrogen (secondary N) is 1. The number of carbonyl (C=O) groups is 3. The molecule has 3 aromatic rings. The van der Waals surface area contributed by atoms with Gasteiger partial charge in [-0.3, -0.25) is 19.1 Å². The lowest BCUT2D eigenvalue weighted by molar-refractivity contribution is -0.0582. The number of nitrogens with zero attached hydrogens (tertiary/aromatic N) is 1. The number of benzene rings is 2. The molecule has 0 bridgehead atoms. The molecule has 0 spiro atoms. The Labute approximate surface area is 205 Å². The van der Waals surface area contributed by atoms with E-state index in [4.69, 9.17) is 14.2 Å². The van der Waals surface area contributed by atoms with Crippen molar-refractivity contribution in [3.8, 4) is 0 Å². The third kappa shape index (κ3) is 5.49. The Morgan fingerprint density at radius 2 is 1.58 bits per heavy atom. The van der Waals surface area contributed by atoms with Crippen molar-refractivity contribution in [1.29, 1.82) is 0 Å². The molecule has 1 aliphatic rings. The summed E-state index contributed by atoms with van der Waals surface area (Å²) in [4.78, 5) is 62.6. The zero-order valence-corrected chi connectivity index (χ0v) is 19.6. The molecule has 36 heavy (non-hydrogen) atoms. The molecule has 10 nitrogen and oxygen atoms in total. The van der Waals surface area contributed by atoms with Crippen LogP contribution in [0.25, 0.3) is 0 Å². The Balaban J connectivity index is 1.55. The van der Waals surface area contributed by atoms with Gasteiger partial charge < -0.3 is 14.2 Å². The number of hydrogen-bond donors (Lipinski definition) is 1. The van der Waals surface area contributed by atoms with Crippen molar-refractivity contribution in [3.63, 3.8) is 0 Å². The first kappa shape index (κ1) is 24.8. The van der Waals surface area contributed by atoms with Crippen LogP contribution in [0.1, 0.15) is 54.8 Å². The van der Waals surface area contributed by atoms with E-state index < -0.39 is 41.6 Å². The van der Waals surface area contributed by atoms with Crippen molar-refractivity contribution in [2.45, 2.75) is 38.7 Å². The van der Waals surface area contributed by atoms with Crippen LogP contribution >= 0.6 is 0 Å². The summed E-state index contributed by atoms with van der Waals surface area (Å²) in [6.07, 6.45) is -1.34. The van der Waals surface area contributed by atoms with Crippen LogP contribution in [0.5, 0.6) is 0 Å². The number of aryl methyl sites for hydroxylation is 2. The zero-order valence-electron chi connectivity index (χ0n) is 19.6. The summed E-state index contributed by atoms with van der Waals surface area (Å²) in [7, 11) is 0. The minimum Gasteiger partial charge on any atom is -0.459 e. The average molecular weight is 492 g/mol. The van der Waals surface area contributed by atoms with Gasteiger partial charge in [-0.25, -0.2) is 14.4 Å². The third-order valence-electron chi connectivity index (χ3n) is 5.82. The first-order chi connectivity index (χ1) is 17.2. The van der Waals surface area contributed by atoms with Crippen LogP contribution in [-0.2, 0) is 14.2 Å². The number of aldehydes is 1. The second-order valence-corrected chi connectivity index (χ2v) is 8.51. The van der Waals surface area contributed by atoms with Crippen molar-refractivity contribution in [2.75, 3.05) is 6.61 Å². The van der Waals surface area contributed by atoms with Crippen molar-refractivity contribution in [3.05, 3.63) is 103 Å². The van der Waals surface area contributed by atoms with Crippen molar-refractivity contribution in [1.82, 2.24) is 9.55 Å². The smallest absolute Gasteiger partial charge is 0.338 e. The van der Waals surface area contributed by atoms with E-state index >= 15 is 0 Å². The Hall–Kier alpha value is -4.31. The molecule has 1 aromatic heterocycles. The fourth-order valence-electron chi connectivity index (χ4n) is 3.77. The highest BCUT2D eigenvalue weighted by molar-refractivity contribution is 5.90. The highest BCUT2D eigenvalue weighted by Gasteiger charge is 2.40. The van der Waals surface area contributed by atoms with Gasteiger partial charge in [0.2, 0.25) is 0 Å². The van der Waals surface area contributed by atoms with Crippen LogP contribution in [-0.4, -0.2) is 46.6 Å². The molecule has 3 atom stereocenters. The van der Waals surface area contributed by atoms with Gasteiger partial charge in [0.25, 0.3) is 5.56 Å². The van der Waals surface area contributed by atoms with E-state index in [0.717, 1.165) is 21.9 Å². The summed E-state index contributed by atoms with van der Waals surface area (Å²) in [6, 6.07) is 13.6. The zero-order chi connectivity index (χ0) is 25.8. The lowest BCUT2D eigenvalue weighted by Crippen LogP contribution is -2.34. The second kappa shape index (κ2) is 10.5. The van der Waals surface area contributed by atoms with Gasteiger partial charge in [0.1, 0.15) is 25.0 Å². The van der Waals surface area contributed by atoms with Crippen LogP contribution in [0.4, 0.5) is 0 Å². The molecule has 1 N–H and O–H groups in total. The van der Waals surface area contributed by atoms with Crippen LogP contribution in [0, 0.1) is 13.8 Å². The van der Waals surface area contributed by atoms with E-state index in [2.05, 4.69) is 4.98 Å². The predicted molar refractivity (Wildman–Crippen MR) is 127 cm³/mol. The number of aromatic nitrogens is 2. The molecule has 0 aliphatic carbocycles. The van der Waals surface area contributed by atoms with Gasteiger partial charge in [-0.05, 0) is 38.1 Å². The number of rotatable bonds is 7. The summed E-state index contributed by atoms with van der Waals surface area (Å²) >= 11 is 0. The van der Waals surface area contributed by atoms with Gasteiger partial charge >= 0.3 is 17.6 Å². The number of esters is 2. The monoisotopic (exact) mass is 492 g/mol. The summed E-state index contributed by atoms with van der Waals surface area (Å²) in [5.74, 6) is -1.20. The fourth-order valence-corrected chi connectivity index (χ4v) is 3.77. The Morgan fingerprint density at radius 1 is 1.00 bits per heavy atom. The fraction of sp³-hybridized carbons (Fsp3) is 0.269. The number of hydrogen-bond acceptors (Lipinski definition) is 8. The molecule has 1 saturated heterocycles. The standard InChI is InChI=1S/C26H24N2O8/c1-15-3-7-17(8-4-15)24(31)34-14-21-20(36-25(32)18-9-5-16(2)6-10-18)11-22(35-21)28-12-19(13-29)23(30)27-26(28)33/h3-10,12-13,20-22H,11,14H2,1-2H3,(H,27,30,33)/t20-,21+,22+/m0/s1. The van der Waals surface area contributed by atoms with Gasteiger partial charge in [-0.15, -0.1) is 0 Å². The van der Waals surface area contributed by atoms with Crippen LogP contribution < -0.4 is 11.2 Å². The lowest BCUT2D eigenvalue weighted by Gasteiger charge is -2.19. The molecule has 2 aromatic carbocycles. The molecule has 1 fully saturated rings. The highest BCUT2D eigenvalue weighted by Crippen LogP contribution is 2.31. The van der Waals surface area contributed by atoms with E-state index in [9.17, 15) is 24.0 Å². The van der Waals surface area contributed by atoms with E-state index in [0.29, 0.717) is 17.4 Å². The minimum atomic E-state index is -0.980. The second-order valence-electron chi connectivity index (χ2n) is 8.51. The summed E-state index contributed by atoms with van der Waals surface area (Å²) in [6.45, 7) is 3.52. The molecule has 0 saturated carbocycles. The Bertz CT molecular complexity index is 1390. The number of H-pyrrole nitrogens is 1. The van der Waals surface area contributed by atoms with E-state index in [1.54, 1.807) is 48.5 Å². The molecular weight excluding hydrogens is 468 g/mol. The maximum Gasteiger partial charge on any atom is 0.338 e. The molecule has 0 amide bonds. The SMILES string of the molecule is Cc1ccc(C(=O)OC[C@H]2O[C@@H](n3cc(C=O)c(=O)[nH]c3=O)C[C@@H]2OC(=O)c2ccc(C)cc2)cc1. The normalized spacial score (nSPS) is 19.0. The summed E-state index contributed by atoms with van der Waals surface area (Å²) < 4.78 is 18.0. The average Bonchev–Trinajstić information content (AvgIpc) is 3.25. The molecule has 10 heteroatoms. The summed E-state index contributed by atoms with van der Waals surface area (Å²) in [5.41, 5.74) is 0.741. The lowest BCUT2D eigenvalue weighted by atomic mass is 10.1. The van der Waals surface area contributed by atoms with Crippen molar-refractivity contribution >= 4 is 18.2 Å². The van der Waals surface area contributed by atoms with Crippen LogP contribution in [0.15, 0.2) is 64.3 Å². The first-order valence-electron chi connectivity index (χ1n) is 11.2. The van der Waals surface area contributed by atoms with Gasteiger partial charge in [0, 0.05) is 12.6 Å². The van der Waals surface area contributed by atoms with Gasteiger partial charge in [0.15, 0.2) is 6.29 Å². The molecule has 2 heterocycles. The molecule has 186 valence electrons. The third-order valence-corrected chi connectivity index (χ3v) is 5.82. The van der Waals surface area contributed by atoms with Gasteiger partial charge in [0.05, 0.1) is 16.7 Å². The summed E-state index contributed by atoms with van der Waals surface area (Å²) in [5, 5.41) is 0. The quantitative estimate of drug-likeness (QED) is 0.392. The van der Waals surface area contributed by atoms with Gasteiger partial charge in [-0.2, -0.15) is 0 Å². The van der Waals surface area contributed by atoms with Gasteiger partial charge in [-0.1, -0.05) is 35.4 Å². The molecule has 1 aliphatic heterocycles. The number of ether oxygens (including phenoxy) is 3. The van der Waals surface area contributed by atoms with E-state index in [1.807, 2.05) is 13.8 Å². The first-order valence-corrected chi connectivity index (χ1v) is 11.2. The van der Waals surface area contributed by atoms with Crippen LogP contribution in [0.3, 0.4) is 0 Å².